The quantitative estimate of drug-likeness (QED) is 0.895. The molecule has 0 spiro atoms. The van der Waals surface area contributed by atoms with Crippen molar-refractivity contribution in [2.24, 2.45) is 0 Å². The van der Waals surface area contributed by atoms with Gasteiger partial charge in [-0.05, 0) is 59.6 Å². The lowest BCUT2D eigenvalue weighted by molar-refractivity contribution is 0.411. The van der Waals surface area contributed by atoms with E-state index in [0.717, 1.165) is 28.3 Å². The van der Waals surface area contributed by atoms with Gasteiger partial charge in [-0.3, -0.25) is 0 Å². The topological polar surface area (TPSA) is 34.4 Å². The number of benzene rings is 1. The molecular weight excluding hydrogens is 306 g/mol. The first-order valence-corrected chi connectivity index (χ1v) is 7.01. The van der Waals surface area contributed by atoms with E-state index in [0.29, 0.717) is 0 Å². The molecule has 1 aromatic carbocycles. The molecule has 0 radical (unpaired) electrons. The first kappa shape index (κ1) is 14.2. The minimum atomic E-state index is 0.243. The van der Waals surface area contributed by atoms with Crippen molar-refractivity contribution in [1.82, 2.24) is 5.32 Å². The van der Waals surface area contributed by atoms with E-state index in [1.807, 2.05) is 25.1 Å². The van der Waals surface area contributed by atoms with Crippen LogP contribution < -0.4 is 10.1 Å². The summed E-state index contributed by atoms with van der Waals surface area (Å²) in [5.41, 5.74) is 1.20. The SMILES string of the molecule is COc1ccc(C(C)NCc2ccc(C)o2)cc1Br. The Morgan fingerprint density at radius 1 is 1.32 bits per heavy atom. The van der Waals surface area contributed by atoms with E-state index < -0.39 is 0 Å². The van der Waals surface area contributed by atoms with Crippen LogP contribution in [-0.4, -0.2) is 7.11 Å². The number of aryl methyl sites for hydroxylation is 1. The lowest BCUT2D eigenvalue weighted by Gasteiger charge is -2.14. The lowest BCUT2D eigenvalue weighted by Crippen LogP contribution is -2.17. The minimum absolute atomic E-state index is 0.243. The van der Waals surface area contributed by atoms with Gasteiger partial charge in [0.25, 0.3) is 0 Å². The molecule has 1 atom stereocenters. The molecule has 3 nitrogen and oxygen atoms in total. The van der Waals surface area contributed by atoms with Crippen LogP contribution in [0, 0.1) is 6.92 Å². The Balaban J connectivity index is 1.99. The number of ether oxygens (including phenoxy) is 1. The van der Waals surface area contributed by atoms with Crippen LogP contribution >= 0.6 is 15.9 Å². The van der Waals surface area contributed by atoms with E-state index >= 15 is 0 Å². The Morgan fingerprint density at radius 3 is 2.68 bits per heavy atom. The Labute approximate surface area is 122 Å². The lowest BCUT2D eigenvalue weighted by atomic mass is 10.1. The molecule has 1 aromatic heterocycles. The fourth-order valence-corrected chi connectivity index (χ4v) is 2.46. The summed E-state index contributed by atoms with van der Waals surface area (Å²) >= 11 is 3.50. The number of hydrogen-bond acceptors (Lipinski definition) is 3. The van der Waals surface area contributed by atoms with Gasteiger partial charge in [0.2, 0.25) is 0 Å². The summed E-state index contributed by atoms with van der Waals surface area (Å²) in [7, 11) is 1.67. The monoisotopic (exact) mass is 323 g/mol. The first-order valence-electron chi connectivity index (χ1n) is 6.22. The Bertz CT molecular complexity index is 551. The van der Waals surface area contributed by atoms with Gasteiger partial charge in [0.15, 0.2) is 0 Å². The number of rotatable bonds is 5. The van der Waals surface area contributed by atoms with Crippen molar-refractivity contribution in [3.63, 3.8) is 0 Å². The maximum absolute atomic E-state index is 5.54. The van der Waals surface area contributed by atoms with Crippen molar-refractivity contribution < 1.29 is 9.15 Å². The molecule has 0 aliphatic carbocycles. The Morgan fingerprint density at radius 2 is 2.11 bits per heavy atom. The summed E-state index contributed by atoms with van der Waals surface area (Å²) < 4.78 is 11.7. The van der Waals surface area contributed by atoms with Gasteiger partial charge in [0.05, 0.1) is 18.1 Å². The molecule has 0 amide bonds. The van der Waals surface area contributed by atoms with Crippen LogP contribution in [0.5, 0.6) is 5.75 Å². The van der Waals surface area contributed by atoms with E-state index in [4.69, 9.17) is 9.15 Å². The molecule has 0 aliphatic heterocycles. The highest BCUT2D eigenvalue weighted by Crippen LogP contribution is 2.28. The molecular formula is C15H18BrNO2. The highest BCUT2D eigenvalue weighted by atomic mass is 79.9. The number of furan rings is 1. The van der Waals surface area contributed by atoms with Crippen molar-refractivity contribution in [3.8, 4) is 5.75 Å². The number of hydrogen-bond donors (Lipinski definition) is 1. The molecule has 0 fully saturated rings. The third-order valence-electron chi connectivity index (χ3n) is 3.05. The van der Waals surface area contributed by atoms with E-state index in [9.17, 15) is 0 Å². The molecule has 19 heavy (non-hydrogen) atoms. The molecule has 0 bridgehead atoms. The predicted molar refractivity (Wildman–Crippen MR) is 79.4 cm³/mol. The summed E-state index contributed by atoms with van der Waals surface area (Å²) in [6, 6.07) is 10.3. The summed E-state index contributed by atoms with van der Waals surface area (Å²) in [5.74, 6) is 2.74. The molecule has 1 heterocycles. The van der Waals surface area contributed by atoms with Crippen LogP contribution in [0.1, 0.15) is 30.0 Å². The second kappa shape index (κ2) is 6.26. The highest BCUT2D eigenvalue weighted by molar-refractivity contribution is 9.10. The van der Waals surface area contributed by atoms with Gasteiger partial charge in [-0.25, -0.2) is 0 Å². The maximum atomic E-state index is 5.54. The predicted octanol–water partition coefficient (Wildman–Crippen LogP) is 4.21. The zero-order valence-electron chi connectivity index (χ0n) is 11.4. The molecule has 2 rings (SSSR count). The van der Waals surface area contributed by atoms with Crippen LogP contribution in [0.4, 0.5) is 0 Å². The number of methoxy groups -OCH3 is 1. The zero-order chi connectivity index (χ0) is 13.8. The van der Waals surface area contributed by atoms with Gasteiger partial charge in [-0.2, -0.15) is 0 Å². The molecule has 0 aliphatic rings. The Kier molecular flexibility index (Phi) is 4.66. The van der Waals surface area contributed by atoms with Gasteiger partial charge >= 0.3 is 0 Å². The fraction of sp³-hybridized carbons (Fsp3) is 0.333. The van der Waals surface area contributed by atoms with Crippen molar-refractivity contribution in [2.75, 3.05) is 7.11 Å². The van der Waals surface area contributed by atoms with Gasteiger partial charge in [0, 0.05) is 6.04 Å². The van der Waals surface area contributed by atoms with Gasteiger partial charge in [0.1, 0.15) is 17.3 Å². The summed E-state index contributed by atoms with van der Waals surface area (Å²) in [4.78, 5) is 0. The first-order chi connectivity index (χ1) is 9.10. The van der Waals surface area contributed by atoms with Gasteiger partial charge in [-0.1, -0.05) is 6.07 Å². The summed E-state index contributed by atoms with van der Waals surface area (Å²) in [5, 5.41) is 3.44. The van der Waals surface area contributed by atoms with E-state index in [-0.39, 0.29) is 6.04 Å². The molecule has 1 N–H and O–H groups in total. The second-order valence-corrected chi connectivity index (χ2v) is 5.36. The summed E-state index contributed by atoms with van der Waals surface area (Å²) in [6.07, 6.45) is 0. The minimum Gasteiger partial charge on any atom is -0.496 e. The van der Waals surface area contributed by atoms with Crippen LogP contribution in [0.2, 0.25) is 0 Å². The molecule has 0 saturated heterocycles. The van der Waals surface area contributed by atoms with Gasteiger partial charge in [-0.15, -0.1) is 0 Å². The smallest absolute Gasteiger partial charge is 0.133 e. The second-order valence-electron chi connectivity index (χ2n) is 4.51. The fourth-order valence-electron chi connectivity index (χ4n) is 1.90. The Hall–Kier alpha value is -1.26. The molecule has 2 aromatic rings. The molecule has 1 unspecified atom stereocenters. The van der Waals surface area contributed by atoms with Crippen LogP contribution in [-0.2, 0) is 6.54 Å². The van der Waals surface area contributed by atoms with Crippen molar-refractivity contribution in [2.45, 2.75) is 26.4 Å². The van der Waals surface area contributed by atoms with Crippen LogP contribution in [0.3, 0.4) is 0 Å². The van der Waals surface area contributed by atoms with Crippen LogP contribution in [0.25, 0.3) is 0 Å². The van der Waals surface area contributed by atoms with E-state index in [1.165, 1.54) is 5.56 Å². The average Bonchev–Trinajstić information content (AvgIpc) is 2.81. The third-order valence-corrected chi connectivity index (χ3v) is 3.67. The normalized spacial score (nSPS) is 12.4. The highest BCUT2D eigenvalue weighted by Gasteiger charge is 2.09. The number of nitrogens with one attached hydrogen (secondary N) is 1. The largest absolute Gasteiger partial charge is 0.496 e. The standard InChI is InChI=1S/C15H18BrNO2/c1-10-4-6-13(19-10)9-17-11(2)12-5-7-15(18-3)14(16)8-12/h4-8,11,17H,9H2,1-3H3. The summed E-state index contributed by atoms with van der Waals surface area (Å²) in [6.45, 7) is 4.80. The number of halogens is 1. The maximum Gasteiger partial charge on any atom is 0.133 e. The molecule has 102 valence electrons. The van der Waals surface area contributed by atoms with E-state index in [2.05, 4.69) is 40.3 Å². The average molecular weight is 324 g/mol. The zero-order valence-corrected chi connectivity index (χ0v) is 13.0. The van der Waals surface area contributed by atoms with Crippen molar-refractivity contribution in [1.29, 1.82) is 0 Å². The van der Waals surface area contributed by atoms with Crippen LogP contribution in [0.15, 0.2) is 39.2 Å². The van der Waals surface area contributed by atoms with Gasteiger partial charge < -0.3 is 14.5 Å². The van der Waals surface area contributed by atoms with Crippen molar-refractivity contribution >= 4 is 15.9 Å². The molecule has 0 saturated carbocycles. The van der Waals surface area contributed by atoms with E-state index in [1.54, 1.807) is 7.11 Å². The third kappa shape index (κ3) is 3.61. The molecule has 4 heteroatoms. The van der Waals surface area contributed by atoms with Crippen molar-refractivity contribution in [3.05, 3.63) is 51.9 Å².